The maximum Gasteiger partial charge on any atom is 0.0362 e. The minimum atomic E-state index is 0.538. The third-order valence-corrected chi connectivity index (χ3v) is 4.70. The maximum atomic E-state index is 3.50. The van der Waals surface area contributed by atoms with Crippen LogP contribution in [-0.2, 0) is 0 Å². The van der Waals surface area contributed by atoms with Gasteiger partial charge in [0.05, 0.1) is 0 Å². The average Bonchev–Trinajstić information content (AvgIpc) is 2.60. The van der Waals surface area contributed by atoms with E-state index in [1.807, 2.05) is 11.3 Å². The molecule has 0 aliphatic heterocycles. The number of hydrogen-bond acceptors (Lipinski definition) is 2. The molecular formula is C13H21NS. The molecule has 1 aliphatic rings. The number of thiophene rings is 1. The van der Waals surface area contributed by atoms with Crippen molar-refractivity contribution in [3.63, 3.8) is 0 Å². The van der Waals surface area contributed by atoms with Crippen LogP contribution in [0.2, 0.25) is 0 Å². The molecule has 0 saturated heterocycles. The quantitative estimate of drug-likeness (QED) is 0.824. The molecule has 2 rings (SSSR count). The second-order valence-electron chi connectivity index (χ2n) is 5.43. The average molecular weight is 223 g/mol. The van der Waals surface area contributed by atoms with Gasteiger partial charge in [-0.3, -0.25) is 0 Å². The van der Waals surface area contributed by atoms with Gasteiger partial charge in [-0.2, -0.15) is 0 Å². The highest BCUT2D eigenvalue weighted by Crippen LogP contribution is 2.58. The fourth-order valence-corrected chi connectivity index (χ4v) is 3.58. The molecule has 1 fully saturated rings. The summed E-state index contributed by atoms with van der Waals surface area (Å²) in [4.78, 5) is 2.91. The Hall–Kier alpha value is -0.340. The van der Waals surface area contributed by atoms with Crippen LogP contribution >= 0.6 is 11.3 Å². The molecule has 0 bridgehead atoms. The van der Waals surface area contributed by atoms with E-state index in [1.165, 1.54) is 21.7 Å². The van der Waals surface area contributed by atoms with Gasteiger partial charge in [-0.25, -0.2) is 0 Å². The van der Waals surface area contributed by atoms with E-state index in [2.05, 4.69) is 46.1 Å². The lowest BCUT2D eigenvalue weighted by molar-refractivity contribution is 0.440. The number of nitrogens with one attached hydrogen (secondary N) is 1. The van der Waals surface area contributed by atoms with Gasteiger partial charge in [-0.1, -0.05) is 13.8 Å². The van der Waals surface area contributed by atoms with Crippen molar-refractivity contribution in [2.75, 3.05) is 7.05 Å². The number of hydrogen-bond donors (Lipinski definition) is 1. The van der Waals surface area contributed by atoms with E-state index in [1.54, 1.807) is 0 Å². The molecule has 1 aromatic heterocycles. The van der Waals surface area contributed by atoms with Crippen LogP contribution in [0.1, 0.15) is 41.6 Å². The Bertz CT molecular complexity index is 365. The van der Waals surface area contributed by atoms with E-state index in [-0.39, 0.29) is 0 Å². The van der Waals surface area contributed by atoms with Gasteiger partial charge >= 0.3 is 0 Å². The molecule has 1 heterocycles. The monoisotopic (exact) mass is 223 g/mol. The van der Waals surface area contributed by atoms with Crippen LogP contribution in [0.5, 0.6) is 0 Å². The fourth-order valence-electron chi connectivity index (χ4n) is 2.61. The molecule has 2 unspecified atom stereocenters. The molecule has 1 aromatic rings. The van der Waals surface area contributed by atoms with E-state index in [9.17, 15) is 0 Å². The highest BCUT2D eigenvalue weighted by molar-refractivity contribution is 7.12. The standard InChI is InChI=1S/C13H21NS/c1-8-6-10(9(2)15-8)12(14-5)11-7-13(11,3)4/h6,11-12,14H,7H2,1-5H3. The molecule has 2 atom stereocenters. The van der Waals surface area contributed by atoms with Crippen LogP contribution < -0.4 is 5.32 Å². The Kier molecular flexibility index (Phi) is 2.68. The van der Waals surface area contributed by atoms with E-state index < -0.39 is 0 Å². The molecule has 1 nitrogen and oxygen atoms in total. The molecule has 1 N–H and O–H groups in total. The predicted octanol–water partition coefficient (Wildman–Crippen LogP) is 3.67. The van der Waals surface area contributed by atoms with Crippen molar-refractivity contribution in [1.29, 1.82) is 0 Å². The minimum Gasteiger partial charge on any atom is -0.313 e. The summed E-state index contributed by atoms with van der Waals surface area (Å²) in [5, 5.41) is 3.50. The van der Waals surface area contributed by atoms with Crippen molar-refractivity contribution < 1.29 is 0 Å². The van der Waals surface area contributed by atoms with Crippen LogP contribution in [0.25, 0.3) is 0 Å². The van der Waals surface area contributed by atoms with E-state index in [0.29, 0.717) is 11.5 Å². The lowest BCUT2D eigenvalue weighted by Crippen LogP contribution is -2.20. The molecule has 84 valence electrons. The number of rotatable bonds is 3. The first-order chi connectivity index (χ1) is 6.95. The second kappa shape index (κ2) is 3.60. The first kappa shape index (κ1) is 11.2. The first-order valence-electron chi connectivity index (χ1n) is 5.70. The molecule has 2 heteroatoms. The third kappa shape index (κ3) is 1.98. The normalized spacial score (nSPS) is 25.3. The fraction of sp³-hybridized carbons (Fsp3) is 0.692. The summed E-state index contributed by atoms with van der Waals surface area (Å²) in [6.07, 6.45) is 1.35. The molecule has 0 amide bonds. The van der Waals surface area contributed by atoms with Gasteiger partial charge in [0, 0.05) is 15.8 Å². The van der Waals surface area contributed by atoms with Crippen molar-refractivity contribution in [2.45, 2.75) is 40.2 Å². The summed E-state index contributed by atoms with van der Waals surface area (Å²) in [5.74, 6) is 0.815. The van der Waals surface area contributed by atoms with Crippen molar-refractivity contribution >= 4 is 11.3 Å². The zero-order chi connectivity index (χ0) is 11.2. The molecule has 0 aromatic carbocycles. The SMILES string of the molecule is CNC(c1cc(C)sc1C)C1CC1(C)C. The highest BCUT2D eigenvalue weighted by Gasteiger charge is 2.50. The maximum absolute atomic E-state index is 3.50. The summed E-state index contributed by atoms with van der Waals surface area (Å²) >= 11 is 1.92. The summed E-state index contributed by atoms with van der Waals surface area (Å²) in [6.45, 7) is 9.19. The van der Waals surface area contributed by atoms with Gasteiger partial charge in [0.1, 0.15) is 0 Å². The zero-order valence-electron chi connectivity index (χ0n) is 10.3. The van der Waals surface area contributed by atoms with Gasteiger partial charge < -0.3 is 5.32 Å². The Morgan fingerprint density at radius 1 is 1.47 bits per heavy atom. The summed E-state index contributed by atoms with van der Waals surface area (Å²) in [5.41, 5.74) is 2.06. The highest BCUT2D eigenvalue weighted by atomic mass is 32.1. The summed E-state index contributed by atoms with van der Waals surface area (Å²) in [7, 11) is 2.09. The van der Waals surface area contributed by atoms with Crippen LogP contribution in [0, 0.1) is 25.2 Å². The summed E-state index contributed by atoms with van der Waals surface area (Å²) in [6, 6.07) is 2.92. The van der Waals surface area contributed by atoms with Gasteiger partial charge in [-0.15, -0.1) is 11.3 Å². The largest absolute Gasteiger partial charge is 0.313 e. The van der Waals surface area contributed by atoms with E-state index in [0.717, 1.165) is 5.92 Å². The van der Waals surface area contributed by atoms with Crippen LogP contribution in [0.3, 0.4) is 0 Å². The van der Waals surface area contributed by atoms with Gasteiger partial charge in [0.15, 0.2) is 0 Å². The predicted molar refractivity (Wildman–Crippen MR) is 67.5 cm³/mol. The second-order valence-corrected chi connectivity index (χ2v) is 6.89. The Balaban J connectivity index is 2.24. The molecule has 0 spiro atoms. The molecular weight excluding hydrogens is 202 g/mol. The van der Waals surface area contributed by atoms with Crippen LogP contribution in [-0.4, -0.2) is 7.05 Å². The van der Waals surface area contributed by atoms with Gasteiger partial charge in [0.25, 0.3) is 0 Å². The Labute approximate surface area is 96.9 Å². The van der Waals surface area contributed by atoms with Gasteiger partial charge in [0.2, 0.25) is 0 Å². The lowest BCUT2D eigenvalue weighted by atomic mass is 9.97. The molecule has 1 saturated carbocycles. The molecule has 15 heavy (non-hydrogen) atoms. The van der Waals surface area contributed by atoms with Crippen molar-refractivity contribution in [3.05, 3.63) is 21.4 Å². The minimum absolute atomic E-state index is 0.538. The van der Waals surface area contributed by atoms with E-state index >= 15 is 0 Å². The third-order valence-electron chi connectivity index (χ3n) is 3.72. The smallest absolute Gasteiger partial charge is 0.0362 e. The Morgan fingerprint density at radius 3 is 2.40 bits per heavy atom. The molecule has 0 radical (unpaired) electrons. The topological polar surface area (TPSA) is 12.0 Å². The van der Waals surface area contributed by atoms with E-state index in [4.69, 9.17) is 0 Å². The van der Waals surface area contributed by atoms with Crippen molar-refractivity contribution in [3.8, 4) is 0 Å². The van der Waals surface area contributed by atoms with Crippen molar-refractivity contribution in [2.24, 2.45) is 11.3 Å². The van der Waals surface area contributed by atoms with Crippen LogP contribution in [0.15, 0.2) is 6.07 Å². The Morgan fingerprint density at radius 2 is 2.07 bits per heavy atom. The first-order valence-corrected chi connectivity index (χ1v) is 6.51. The number of aryl methyl sites for hydroxylation is 2. The zero-order valence-corrected chi connectivity index (χ0v) is 11.2. The van der Waals surface area contributed by atoms with Crippen molar-refractivity contribution in [1.82, 2.24) is 5.32 Å². The van der Waals surface area contributed by atoms with Gasteiger partial charge in [-0.05, 0) is 50.3 Å². The lowest BCUT2D eigenvalue weighted by Gasteiger charge is -2.18. The molecule has 1 aliphatic carbocycles. The van der Waals surface area contributed by atoms with Crippen LogP contribution in [0.4, 0.5) is 0 Å². The summed E-state index contributed by atoms with van der Waals surface area (Å²) < 4.78 is 0.